The van der Waals surface area contributed by atoms with Gasteiger partial charge in [0.1, 0.15) is 23.9 Å². The van der Waals surface area contributed by atoms with E-state index in [1.807, 2.05) is 30.5 Å². The molecule has 4 atom stereocenters. The molecule has 0 aliphatic carbocycles. The monoisotopic (exact) mass is 654 g/mol. The number of aromatic amines is 1. The Balaban J connectivity index is 1.87. The number of para-hydroxylation sites is 1. The summed E-state index contributed by atoms with van der Waals surface area (Å²) in [5.41, 5.74) is 19.0. The lowest BCUT2D eigenvalue weighted by Gasteiger charge is -2.25. The molecule has 0 bridgehead atoms. The van der Waals surface area contributed by atoms with Gasteiger partial charge in [0, 0.05) is 36.5 Å². The number of thioether (sulfide) groups is 1. The second kappa shape index (κ2) is 17.7. The van der Waals surface area contributed by atoms with Crippen LogP contribution in [0.25, 0.3) is 10.9 Å². The molecule has 0 spiro atoms. The number of nitrogens with two attached hydrogens (primary N) is 3. The van der Waals surface area contributed by atoms with Gasteiger partial charge in [-0.15, -0.1) is 0 Å². The van der Waals surface area contributed by atoms with Crippen molar-refractivity contribution in [1.82, 2.24) is 20.9 Å². The van der Waals surface area contributed by atoms with E-state index in [0.29, 0.717) is 17.7 Å². The predicted molar refractivity (Wildman–Crippen MR) is 178 cm³/mol. The highest BCUT2D eigenvalue weighted by molar-refractivity contribution is 7.98. The Bertz CT molecular complexity index is 1510. The topological polar surface area (TPSA) is 251 Å². The third-order valence-corrected chi connectivity index (χ3v) is 7.91. The van der Waals surface area contributed by atoms with Crippen LogP contribution in [0.2, 0.25) is 0 Å². The maximum absolute atomic E-state index is 13.9. The lowest BCUT2D eigenvalue weighted by atomic mass is 10.0. The van der Waals surface area contributed by atoms with Crippen LogP contribution in [0.15, 0.2) is 59.7 Å². The third kappa shape index (κ3) is 11.0. The van der Waals surface area contributed by atoms with Gasteiger partial charge in [0.05, 0.1) is 6.04 Å². The Kier molecular flexibility index (Phi) is 13.7. The number of hydrogen-bond donors (Lipinski definition) is 9. The number of aromatic nitrogens is 1. The van der Waals surface area contributed by atoms with E-state index in [4.69, 9.17) is 17.2 Å². The van der Waals surface area contributed by atoms with Crippen LogP contribution in [0.4, 0.5) is 0 Å². The Hall–Kier alpha value is -4.76. The van der Waals surface area contributed by atoms with E-state index in [1.165, 1.54) is 12.1 Å². The van der Waals surface area contributed by atoms with Crippen LogP contribution in [-0.2, 0) is 32.0 Å². The molecule has 1 heterocycles. The Labute approximate surface area is 271 Å². The number of carbonyl (C=O) groups is 4. The number of guanidine groups is 1. The highest BCUT2D eigenvalue weighted by Crippen LogP contribution is 2.20. The smallest absolute Gasteiger partial charge is 0.326 e. The fraction of sp³-hybridized carbons (Fsp3) is 0.387. The van der Waals surface area contributed by atoms with Crippen molar-refractivity contribution in [3.8, 4) is 5.75 Å². The molecule has 14 nitrogen and oxygen atoms in total. The Morgan fingerprint density at radius 2 is 1.52 bits per heavy atom. The molecule has 0 fully saturated rings. The second-order valence-electron chi connectivity index (χ2n) is 10.8. The number of nitrogens with one attached hydrogen (secondary N) is 4. The lowest BCUT2D eigenvalue weighted by Crippen LogP contribution is -2.58. The minimum atomic E-state index is -1.28. The summed E-state index contributed by atoms with van der Waals surface area (Å²) in [4.78, 5) is 59.5. The van der Waals surface area contributed by atoms with Crippen molar-refractivity contribution in [3.63, 3.8) is 0 Å². The number of hydrogen-bond acceptors (Lipinski definition) is 8. The number of aliphatic imine (C=N–C) groups is 1. The van der Waals surface area contributed by atoms with Crippen LogP contribution >= 0.6 is 11.8 Å². The van der Waals surface area contributed by atoms with Gasteiger partial charge in [0.15, 0.2) is 5.96 Å². The molecule has 0 radical (unpaired) electrons. The van der Waals surface area contributed by atoms with Crippen LogP contribution in [0.1, 0.15) is 30.4 Å². The van der Waals surface area contributed by atoms with Crippen LogP contribution in [0, 0.1) is 0 Å². The number of phenols is 1. The summed E-state index contributed by atoms with van der Waals surface area (Å²) in [6.45, 7) is 0.171. The molecule has 0 aliphatic heterocycles. The summed E-state index contributed by atoms with van der Waals surface area (Å²) in [5.74, 6) is -2.65. The van der Waals surface area contributed by atoms with Crippen molar-refractivity contribution < 1.29 is 29.4 Å². The first-order valence-corrected chi connectivity index (χ1v) is 16.1. The van der Waals surface area contributed by atoms with E-state index in [9.17, 15) is 29.4 Å². The largest absolute Gasteiger partial charge is 0.508 e. The van der Waals surface area contributed by atoms with Crippen LogP contribution < -0.4 is 33.2 Å². The molecule has 3 aromatic rings. The molecular formula is C31H42N8O6S. The highest BCUT2D eigenvalue weighted by atomic mass is 32.2. The molecule has 15 heteroatoms. The molecule has 0 saturated carbocycles. The molecule has 2 aromatic carbocycles. The summed E-state index contributed by atoms with van der Waals surface area (Å²) < 4.78 is 0. The van der Waals surface area contributed by atoms with Gasteiger partial charge in [-0.3, -0.25) is 19.4 Å². The van der Waals surface area contributed by atoms with Gasteiger partial charge in [0.2, 0.25) is 17.7 Å². The summed E-state index contributed by atoms with van der Waals surface area (Å²) in [6.07, 6.45) is 4.43. The van der Waals surface area contributed by atoms with Crippen LogP contribution in [-0.4, -0.2) is 87.6 Å². The SMILES string of the molecule is CSCCC(N)C(=O)NC(Cc1c[nH]c2ccccc12)C(=O)NC(Cc1ccc(O)cc1)C(=O)NC(CCCN=C(N)N)C(=O)O. The predicted octanol–water partition coefficient (Wildman–Crippen LogP) is 0.332. The molecule has 12 N–H and O–H groups in total. The first-order valence-electron chi connectivity index (χ1n) is 14.7. The number of carbonyl (C=O) groups excluding carboxylic acids is 3. The molecule has 3 amide bonds. The molecule has 4 unspecified atom stereocenters. The van der Waals surface area contributed by atoms with Gasteiger partial charge < -0.3 is 48.3 Å². The maximum atomic E-state index is 13.9. The number of rotatable bonds is 18. The average Bonchev–Trinajstić information content (AvgIpc) is 3.43. The molecule has 0 aliphatic rings. The minimum absolute atomic E-state index is 0.0137. The van der Waals surface area contributed by atoms with Gasteiger partial charge in [0.25, 0.3) is 0 Å². The fourth-order valence-corrected chi connectivity index (χ4v) is 5.26. The standard InChI is InChI=1S/C31H42N8O6S/c1-46-14-12-22(32)27(41)38-26(16-19-17-36-23-6-3-2-5-21(19)23)29(43)39-25(15-18-8-10-20(40)11-9-18)28(42)37-24(30(44)45)7-4-13-35-31(33)34/h2-3,5-6,8-11,17,22,24-26,36,40H,4,7,12-16,32H2,1H3,(H,37,42)(H,38,41)(H,39,43)(H,44,45)(H4,33,34,35). The minimum Gasteiger partial charge on any atom is -0.508 e. The average molecular weight is 655 g/mol. The molecule has 0 saturated heterocycles. The Morgan fingerprint density at radius 3 is 2.17 bits per heavy atom. The normalized spacial score (nSPS) is 13.6. The molecule has 46 heavy (non-hydrogen) atoms. The van der Waals surface area contributed by atoms with Gasteiger partial charge in [-0.25, -0.2) is 4.79 Å². The molecule has 3 rings (SSSR count). The zero-order valence-electron chi connectivity index (χ0n) is 25.6. The van der Waals surface area contributed by atoms with E-state index in [0.717, 1.165) is 16.5 Å². The van der Waals surface area contributed by atoms with Crippen LogP contribution in [0.5, 0.6) is 5.75 Å². The summed E-state index contributed by atoms with van der Waals surface area (Å²) in [6, 6.07) is 9.08. The quantitative estimate of drug-likeness (QED) is 0.0516. The number of phenolic OH excluding ortho intramolecular Hbond substituents is 1. The fourth-order valence-electron chi connectivity index (χ4n) is 4.77. The number of carboxylic acids is 1. The van der Waals surface area contributed by atoms with Gasteiger partial charge >= 0.3 is 5.97 Å². The van der Waals surface area contributed by atoms with Crippen molar-refractivity contribution in [2.75, 3.05) is 18.6 Å². The Morgan fingerprint density at radius 1 is 0.891 bits per heavy atom. The molecule has 248 valence electrons. The van der Waals surface area contributed by atoms with Crippen molar-refractivity contribution in [1.29, 1.82) is 0 Å². The number of benzene rings is 2. The highest BCUT2D eigenvalue weighted by Gasteiger charge is 2.31. The molecular weight excluding hydrogens is 612 g/mol. The summed E-state index contributed by atoms with van der Waals surface area (Å²) in [5, 5.41) is 28.3. The summed E-state index contributed by atoms with van der Waals surface area (Å²) >= 11 is 1.54. The van der Waals surface area contributed by atoms with Gasteiger partial charge in [-0.2, -0.15) is 11.8 Å². The number of H-pyrrole nitrogens is 1. The maximum Gasteiger partial charge on any atom is 0.326 e. The van der Waals surface area contributed by atoms with Gasteiger partial charge in [-0.1, -0.05) is 30.3 Å². The van der Waals surface area contributed by atoms with E-state index < -0.39 is 47.9 Å². The molecule has 1 aromatic heterocycles. The second-order valence-corrected chi connectivity index (χ2v) is 11.8. The van der Waals surface area contributed by atoms with Crippen molar-refractivity contribution in [2.45, 2.75) is 56.3 Å². The number of amides is 3. The zero-order chi connectivity index (χ0) is 33.6. The third-order valence-electron chi connectivity index (χ3n) is 7.27. The zero-order valence-corrected chi connectivity index (χ0v) is 26.4. The van der Waals surface area contributed by atoms with E-state index in [2.05, 4.69) is 25.9 Å². The number of aromatic hydroxyl groups is 1. The summed E-state index contributed by atoms with van der Waals surface area (Å²) in [7, 11) is 0. The van der Waals surface area contributed by atoms with Crippen molar-refractivity contribution in [2.24, 2.45) is 22.2 Å². The van der Waals surface area contributed by atoms with E-state index in [-0.39, 0.29) is 43.9 Å². The van der Waals surface area contributed by atoms with Crippen molar-refractivity contribution >= 4 is 52.3 Å². The van der Waals surface area contributed by atoms with E-state index >= 15 is 0 Å². The number of nitrogens with zero attached hydrogens (tertiary/aromatic N) is 1. The first kappa shape index (κ1) is 35.7. The number of carboxylic acid groups (broad SMARTS) is 1. The number of aliphatic carboxylic acids is 1. The number of fused-ring (bicyclic) bond motifs is 1. The van der Waals surface area contributed by atoms with E-state index in [1.54, 1.807) is 30.1 Å². The first-order chi connectivity index (χ1) is 22.0. The van der Waals surface area contributed by atoms with Gasteiger partial charge in [-0.05, 0) is 60.6 Å². The van der Waals surface area contributed by atoms with Crippen LogP contribution in [0.3, 0.4) is 0 Å². The lowest BCUT2D eigenvalue weighted by molar-refractivity contribution is -0.142. The van der Waals surface area contributed by atoms with Crippen molar-refractivity contribution in [3.05, 3.63) is 65.9 Å².